The summed E-state index contributed by atoms with van der Waals surface area (Å²) >= 11 is 0. The molecule has 0 aliphatic carbocycles. The van der Waals surface area contributed by atoms with E-state index in [1.165, 1.54) is 6.20 Å². The first-order chi connectivity index (χ1) is 8.65. The zero-order chi connectivity index (χ0) is 13.0. The average molecular weight is 242 g/mol. The Balaban J connectivity index is 2.01. The molecule has 0 atom stereocenters. The lowest BCUT2D eigenvalue weighted by Crippen LogP contribution is -2.16. The number of amides is 1. The molecule has 2 aromatic rings. The van der Waals surface area contributed by atoms with Gasteiger partial charge in [0.1, 0.15) is 0 Å². The highest BCUT2D eigenvalue weighted by Crippen LogP contribution is 2.11. The summed E-state index contributed by atoms with van der Waals surface area (Å²) in [5.41, 5.74) is 8.31. The van der Waals surface area contributed by atoms with Crippen molar-refractivity contribution in [2.45, 2.75) is 13.3 Å². The molecule has 18 heavy (non-hydrogen) atoms. The van der Waals surface area contributed by atoms with Crippen LogP contribution in [-0.4, -0.2) is 15.9 Å². The molecule has 2 rings (SSSR count). The quantitative estimate of drug-likeness (QED) is 0.855. The molecule has 0 aliphatic rings. The summed E-state index contributed by atoms with van der Waals surface area (Å²) in [5.74, 6) is -0.122. The van der Waals surface area contributed by atoms with E-state index >= 15 is 0 Å². The number of carbonyl (C=O) groups is 1. The highest BCUT2D eigenvalue weighted by Gasteiger charge is 2.06. The van der Waals surface area contributed by atoms with Crippen LogP contribution in [0.5, 0.6) is 0 Å². The highest BCUT2D eigenvalue weighted by molar-refractivity contribution is 5.92. The third-order valence-electron chi connectivity index (χ3n) is 2.47. The number of anilines is 2. The maximum Gasteiger partial charge on any atom is 0.230 e. The van der Waals surface area contributed by atoms with Crippen molar-refractivity contribution in [2.24, 2.45) is 0 Å². The summed E-state index contributed by atoms with van der Waals surface area (Å²) < 4.78 is 0. The second kappa shape index (κ2) is 5.27. The van der Waals surface area contributed by atoms with E-state index in [1.807, 2.05) is 13.0 Å². The molecule has 0 fully saturated rings. The standard InChI is InChI=1S/C13H14N4O/c1-9-12(3-2-6-15-9)17-13(18)7-11-5-4-10(14)8-16-11/h2-6,8H,7,14H2,1H3,(H,17,18). The highest BCUT2D eigenvalue weighted by atomic mass is 16.1. The Morgan fingerprint density at radius 2 is 2.17 bits per heavy atom. The molecule has 0 aliphatic heterocycles. The summed E-state index contributed by atoms with van der Waals surface area (Å²) in [5, 5.41) is 2.80. The molecule has 0 bridgehead atoms. The van der Waals surface area contributed by atoms with Gasteiger partial charge in [-0.25, -0.2) is 0 Å². The maximum absolute atomic E-state index is 11.8. The van der Waals surface area contributed by atoms with Gasteiger partial charge in [0.05, 0.1) is 29.7 Å². The second-order valence-electron chi connectivity index (χ2n) is 3.94. The fourth-order valence-electron chi connectivity index (χ4n) is 1.52. The predicted molar refractivity (Wildman–Crippen MR) is 70.0 cm³/mol. The van der Waals surface area contributed by atoms with Crippen molar-refractivity contribution < 1.29 is 4.79 Å². The summed E-state index contributed by atoms with van der Waals surface area (Å²) in [6, 6.07) is 7.07. The van der Waals surface area contributed by atoms with Gasteiger partial charge in [-0.05, 0) is 31.2 Å². The molecule has 2 aromatic heterocycles. The molecule has 5 nitrogen and oxygen atoms in total. The molecule has 1 amide bonds. The first kappa shape index (κ1) is 12.0. The van der Waals surface area contributed by atoms with Crippen LogP contribution in [0.2, 0.25) is 0 Å². The molecule has 0 saturated heterocycles. The average Bonchev–Trinajstić information content (AvgIpc) is 2.35. The molecule has 0 spiro atoms. The van der Waals surface area contributed by atoms with Crippen molar-refractivity contribution in [2.75, 3.05) is 11.1 Å². The number of nitrogens with zero attached hydrogens (tertiary/aromatic N) is 2. The van der Waals surface area contributed by atoms with E-state index in [4.69, 9.17) is 5.73 Å². The van der Waals surface area contributed by atoms with Crippen molar-refractivity contribution in [1.29, 1.82) is 0 Å². The van der Waals surface area contributed by atoms with Crippen LogP contribution in [0, 0.1) is 6.92 Å². The fraction of sp³-hybridized carbons (Fsp3) is 0.154. The zero-order valence-corrected chi connectivity index (χ0v) is 10.1. The van der Waals surface area contributed by atoms with E-state index in [2.05, 4.69) is 15.3 Å². The topological polar surface area (TPSA) is 80.9 Å². The molecule has 0 saturated carbocycles. The lowest BCUT2D eigenvalue weighted by molar-refractivity contribution is -0.115. The van der Waals surface area contributed by atoms with Crippen molar-refractivity contribution in [3.63, 3.8) is 0 Å². The smallest absolute Gasteiger partial charge is 0.230 e. The normalized spacial score (nSPS) is 10.1. The van der Waals surface area contributed by atoms with Gasteiger partial charge in [0, 0.05) is 11.9 Å². The first-order valence-corrected chi connectivity index (χ1v) is 5.57. The van der Waals surface area contributed by atoms with Crippen LogP contribution in [-0.2, 0) is 11.2 Å². The monoisotopic (exact) mass is 242 g/mol. The minimum atomic E-state index is -0.122. The summed E-state index contributed by atoms with van der Waals surface area (Å²) in [7, 11) is 0. The van der Waals surface area contributed by atoms with Crippen LogP contribution in [0.15, 0.2) is 36.7 Å². The van der Waals surface area contributed by atoms with E-state index < -0.39 is 0 Å². The number of nitrogens with one attached hydrogen (secondary N) is 1. The summed E-state index contributed by atoms with van der Waals surface area (Å²) in [6.07, 6.45) is 3.44. The lowest BCUT2D eigenvalue weighted by atomic mass is 10.2. The fourth-order valence-corrected chi connectivity index (χ4v) is 1.52. The summed E-state index contributed by atoms with van der Waals surface area (Å²) in [6.45, 7) is 1.84. The molecule has 0 unspecified atom stereocenters. The molecule has 2 heterocycles. The molecular weight excluding hydrogens is 228 g/mol. The van der Waals surface area contributed by atoms with E-state index in [1.54, 1.807) is 24.4 Å². The van der Waals surface area contributed by atoms with Crippen LogP contribution < -0.4 is 11.1 Å². The van der Waals surface area contributed by atoms with Gasteiger partial charge >= 0.3 is 0 Å². The SMILES string of the molecule is Cc1ncccc1NC(=O)Cc1ccc(N)cn1. The van der Waals surface area contributed by atoms with Crippen LogP contribution >= 0.6 is 0 Å². The molecule has 3 N–H and O–H groups in total. The van der Waals surface area contributed by atoms with Crippen LogP contribution in [0.1, 0.15) is 11.4 Å². The first-order valence-electron chi connectivity index (χ1n) is 5.57. The number of pyridine rings is 2. The van der Waals surface area contributed by atoms with Gasteiger partial charge in [0.25, 0.3) is 0 Å². The zero-order valence-electron chi connectivity index (χ0n) is 10.1. The number of hydrogen-bond donors (Lipinski definition) is 2. The van der Waals surface area contributed by atoms with Crippen molar-refractivity contribution in [3.8, 4) is 0 Å². The number of rotatable bonds is 3. The van der Waals surface area contributed by atoms with Crippen LogP contribution in [0.3, 0.4) is 0 Å². The Kier molecular flexibility index (Phi) is 3.52. The van der Waals surface area contributed by atoms with Crippen LogP contribution in [0.25, 0.3) is 0 Å². The van der Waals surface area contributed by atoms with Crippen molar-refractivity contribution in [1.82, 2.24) is 9.97 Å². The van der Waals surface area contributed by atoms with E-state index in [-0.39, 0.29) is 12.3 Å². The van der Waals surface area contributed by atoms with Gasteiger partial charge in [0.15, 0.2) is 0 Å². The molecule has 5 heteroatoms. The Morgan fingerprint density at radius 3 is 2.83 bits per heavy atom. The Labute approximate surface area is 105 Å². The van der Waals surface area contributed by atoms with Gasteiger partial charge < -0.3 is 11.1 Å². The van der Waals surface area contributed by atoms with Gasteiger partial charge in [-0.2, -0.15) is 0 Å². The van der Waals surface area contributed by atoms with Gasteiger partial charge in [-0.3, -0.25) is 14.8 Å². The van der Waals surface area contributed by atoms with E-state index in [9.17, 15) is 4.79 Å². The minimum absolute atomic E-state index is 0.122. The van der Waals surface area contributed by atoms with Gasteiger partial charge in [-0.15, -0.1) is 0 Å². The molecule has 0 radical (unpaired) electrons. The number of aryl methyl sites for hydroxylation is 1. The van der Waals surface area contributed by atoms with Crippen molar-refractivity contribution >= 4 is 17.3 Å². The summed E-state index contributed by atoms with van der Waals surface area (Å²) in [4.78, 5) is 20.0. The number of nitrogens with two attached hydrogens (primary N) is 1. The van der Waals surface area contributed by atoms with Crippen LogP contribution in [0.4, 0.5) is 11.4 Å². The Morgan fingerprint density at radius 1 is 1.33 bits per heavy atom. The third-order valence-corrected chi connectivity index (χ3v) is 2.47. The largest absolute Gasteiger partial charge is 0.397 e. The molecule has 0 aromatic carbocycles. The minimum Gasteiger partial charge on any atom is -0.397 e. The van der Waals surface area contributed by atoms with E-state index in [0.29, 0.717) is 11.4 Å². The lowest BCUT2D eigenvalue weighted by Gasteiger charge is -2.07. The van der Waals surface area contributed by atoms with Gasteiger partial charge in [-0.1, -0.05) is 0 Å². The Bertz CT molecular complexity index is 551. The molecule has 92 valence electrons. The maximum atomic E-state index is 11.8. The second-order valence-corrected chi connectivity index (χ2v) is 3.94. The van der Waals surface area contributed by atoms with E-state index in [0.717, 1.165) is 11.4 Å². The Hall–Kier alpha value is -2.43. The third kappa shape index (κ3) is 3.04. The number of carbonyl (C=O) groups excluding carboxylic acids is 1. The number of aromatic nitrogens is 2. The van der Waals surface area contributed by atoms with Gasteiger partial charge in [0.2, 0.25) is 5.91 Å². The predicted octanol–water partition coefficient (Wildman–Crippen LogP) is 1.55. The number of hydrogen-bond acceptors (Lipinski definition) is 4. The number of nitrogen functional groups attached to an aromatic ring is 1. The van der Waals surface area contributed by atoms with Crippen molar-refractivity contribution in [3.05, 3.63) is 48.0 Å². The molecular formula is C13H14N4O.